The van der Waals surface area contributed by atoms with Gasteiger partial charge in [-0.2, -0.15) is 0 Å². The summed E-state index contributed by atoms with van der Waals surface area (Å²) in [7, 11) is -0.0857. The van der Waals surface area contributed by atoms with Crippen molar-refractivity contribution in [3.63, 3.8) is 0 Å². The highest BCUT2D eigenvalue weighted by atomic mass is 16.7. The molecule has 2 aliphatic rings. The molecule has 1 fully saturated rings. The van der Waals surface area contributed by atoms with Gasteiger partial charge in [0.25, 0.3) is 0 Å². The van der Waals surface area contributed by atoms with Gasteiger partial charge in [0.1, 0.15) is 0 Å². The third-order valence-electron chi connectivity index (χ3n) is 2.15. The van der Waals surface area contributed by atoms with E-state index in [1.165, 1.54) is 0 Å². The van der Waals surface area contributed by atoms with E-state index in [4.69, 9.17) is 9.31 Å². The number of fused-ring (bicyclic) bond motifs is 1. The van der Waals surface area contributed by atoms with Crippen LogP contribution in [0.4, 0.5) is 0 Å². The highest BCUT2D eigenvalue weighted by molar-refractivity contribution is 6.43. The van der Waals surface area contributed by atoms with E-state index in [0.29, 0.717) is 0 Å². The first kappa shape index (κ1) is 7.13. The summed E-state index contributed by atoms with van der Waals surface area (Å²) >= 11 is 0. The Labute approximate surface area is 67.0 Å². The second-order valence-corrected chi connectivity index (χ2v) is 3.17. The number of hydrogen-bond acceptors (Lipinski definition) is 2. The van der Waals surface area contributed by atoms with Crippen LogP contribution in [-0.2, 0) is 9.31 Å². The fraction of sp³-hybridized carbons (Fsp3) is 0.500. The predicted molar refractivity (Wildman–Crippen MR) is 44.3 cm³/mol. The molecular weight excluding hydrogens is 139 g/mol. The van der Waals surface area contributed by atoms with Crippen molar-refractivity contribution in [1.82, 2.24) is 0 Å². The van der Waals surface area contributed by atoms with Gasteiger partial charge >= 0.3 is 7.12 Å². The first-order valence-electron chi connectivity index (χ1n) is 3.90. The molecule has 3 heteroatoms. The van der Waals surface area contributed by atoms with Crippen molar-refractivity contribution >= 4 is 7.12 Å². The van der Waals surface area contributed by atoms with Gasteiger partial charge in [-0.3, -0.25) is 0 Å². The van der Waals surface area contributed by atoms with Crippen molar-refractivity contribution in [2.45, 2.75) is 25.5 Å². The van der Waals surface area contributed by atoms with Crippen LogP contribution in [0.2, 0.25) is 6.82 Å². The van der Waals surface area contributed by atoms with Gasteiger partial charge in [-0.05, 0) is 13.7 Å². The molecule has 1 saturated heterocycles. The summed E-state index contributed by atoms with van der Waals surface area (Å²) in [6.45, 7) is 3.96. The molecule has 0 aromatic heterocycles. The SMILES string of the molecule is CB1OC2C=CC=CC2(C)O1. The van der Waals surface area contributed by atoms with Crippen molar-refractivity contribution in [3.8, 4) is 0 Å². The van der Waals surface area contributed by atoms with Crippen LogP contribution in [-0.4, -0.2) is 18.8 Å². The molecule has 2 unspecified atom stereocenters. The van der Waals surface area contributed by atoms with Gasteiger partial charge in [0.05, 0.1) is 11.7 Å². The monoisotopic (exact) mass is 150 g/mol. The zero-order valence-electron chi connectivity index (χ0n) is 6.78. The topological polar surface area (TPSA) is 18.5 Å². The number of allylic oxidation sites excluding steroid dienone is 2. The van der Waals surface area contributed by atoms with E-state index in [1.807, 2.05) is 38.1 Å². The van der Waals surface area contributed by atoms with Crippen molar-refractivity contribution in [2.75, 3.05) is 0 Å². The minimum Gasteiger partial charge on any atom is -0.402 e. The van der Waals surface area contributed by atoms with Crippen molar-refractivity contribution in [3.05, 3.63) is 24.3 Å². The lowest BCUT2D eigenvalue weighted by molar-refractivity contribution is 0.129. The molecule has 0 bridgehead atoms. The summed E-state index contributed by atoms with van der Waals surface area (Å²) in [5.74, 6) is 0. The first-order valence-corrected chi connectivity index (χ1v) is 3.90. The molecule has 0 aromatic carbocycles. The minimum atomic E-state index is -0.228. The zero-order chi connectivity index (χ0) is 7.90. The second kappa shape index (κ2) is 2.22. The summed E-state index contributed by atoms with van der Waals surface area (Å²) in [5.41, 5.74) is -0.228. The quantitative estimate of drug-likeness (QED) is 0.486. The van der Waals surface area contributed by atoms with Gasteiger partial charge in [-0.25, -0.2) is 0 Å². The van der Waals surface area contributed by atoms with Crippen LogP contribution in [0.3, 0.4) is 0 Å². The predicted octanol–water partition coefficient (Wildman–Crippen LogP) is 1.40. The summed E-state index contributed by atoms with van der Waals surface area (Å²) in [4.78, 5) is 0. The van der Waals surface area contributed by atoms with E-state index in [2.05, 4.69) is 0 Å². The Bertz CT molecular complexity index is 224. The molecule has 2 atom stereocenters. The summed E-state index contributed by atoms with van der Waals surface area (Å²) in [5, 5.41) is 0. The fourth-order valence-corrected chi connectivity index (χ4v) is 1.58. The van der Waals surface area contributed by atoms with E-state index in [-0.39, 0.29) is 18.8 Å². The Morgan fingerprint density at radius 2 is 2.27 bits per heavy atom. The first-order chi connectivity index (χ1) is 5.21. The summed E-state index contributed by atoms with van der Waals surface area (Å²) < 4.78 is 11.1. The third-order valence-corrected chi connectivity index (χ3v) is 2.15. The molecule has 0 spiro atoms. The lowest BCUT2D eigenvalue weighted by Gasteiger charge is -2.26. The van der Waals surface area contributed by atoms with Crippen LogP contribution in [0.1, 0.15) is 6.92 Å². The van der Waals surface area contributed by atoms with Crippen LogP contribution in [0.5, 0.6) is 0 Å². The standard InChI is InChI=1S/C8H11BO2/c1-8-6-4-3-5-7(8)10-9(2)11-8/h3-7H,1-2H3. The molecule has 0 aromatic rings. The third kappa shape index (κ3) is 1.05. The molecular formula is C8H11BO2. The molecule has 2 rings (SSSR count). The van der Waals surface area contributed by atoms with E-state index in [0.717, 1.165) is 0 Å². The van der Waals surface area contributed by atoms with Crippen LogP contribution < -0.4 is 0 Å². The van der Waals surface area contributed by atoms with Gasteiger partial charge in [0, 0.05) is 0 Å². The maximum absolute atomic E-state index is 5.59. The molecule has 2 nitrogen and oxygen atoms in total. The maximum Gasteiger partial charge on any atom is 0.454 e. The van der Waals surface area contributed by atoms with Gasteiger partial charge in [-0.1, -0.05) is 24.3 Å². The molecule has 0 saturated carbocycles. The molecule has 1 aliphatic heterocycles. The molecule has 58 valence electrons. The van der Waals surface area contributed by atoms with Gasteiger partial charge in [0.15, 0.2) is 0 Å². The molecule has 0 radical (unpaired) electrons. The summed E-state index contributed by atoms with van der Waals surface area (Å²) in [6, 6.07) is 0. The van der Waals surface area contributed by atoms with Crippen molar-refractivity contribution in [2.24, 2.45) is 0 Å². The Morgan fingerprint density at radius 3 is 3.00 bits per heavy atom. The lowest BCUT2D eigenvalue weighted by atomic mass is 9.94. The molecule has 0 amide bonds. The van der Waals surface area contributed by atoms with E-state index in [9.17, 15) is 0 Å². The van der Waals surface area contributed by atoms with Crippen LogP contribution in [0.25, 0.3) is 0 Å². The van der Waals surface area contributed by atoms with E-state index in [1.54, 1.807) is 0 Å². The average Bonchev–Trinajstić information content (AvgIpc) is 2.22. The van der Waals surface area contributed by atoms with Crippen LogP contribution in [0, 0.1) is 0 Å². The van der Waals surface area contributed by atoms with Gasteiger partial charge < -0.3 is 9.31 Å². The van der Waals surface area contributed by atoms with Crippen molar-refractivity contribution < 1.29 is 9.31 Å². The normalized spacial score (nSPS) is 41.3. The highest BCUT2D eigenvalue weighted by Gasteiger charge is 2.43. The van der Waals surface area contributed by atoms with Gasteiger partial charge in [0.2, 0.25) is 0 Å². The Kier molecular flexibility index (Phi) is 1.44. The maximum atomic E-state index is 5.59. The largest absolute Gasteiger partial charge is 0.454 e. The number of rotatable bonds is 0. The Balaban J connectivity index is 2.27. The molecule has 0 N–H and O–H groups in total. The van der Waals surface area contributed by atoms with Gasteiger partial charge in [-0.15, -0.1) is 0 Å². The average molecular weight is 150 g/mol. The second-order valence-electron chi connectivity index (χ2n) is 3.17. The van der Waals surface area contributed by atoms with Crippen LogP contribution in [0.15, 0.2) is 24.3 Å². The zero-order valence-corrected chi connectivity index (χ0v) is 6.78. The molecule has 11 heavy (non-hydrogen) atoms. The smallest absolute Gasteiger partial charge is 0.402 e. The fourth-order valence-electron chi connectivity index (χ4n) is 1.58. The van der Waals surface area contributed by atoms with E-state index < -0.39 is 0 Å². The Hall–Kier alpha value is -0.535. The minimum absolute atomic E-state index is 0.0857. The number of hydrogen-bond donors (Lipinski definition) is 0. The molecule has 1 aliphatic carbocycles. The van der Waals surface area contributed by atoms with Crippen LogP contribution >= 0.6 is 0 Å². The van der Waals surface area contributed by atoms with Crippen molar-refractivity contribution in [1.29, 1.82) is 0 Å². The lowest BCUT2D eigenvalue weighted by Crippen LogP contribution is -2.34. The molecule has 1 heterocycles. The highest BCUT2D eigenvalue weighted by Crippen LogP contribution is 2.31. The Morgan fingerprint density at radius 1 is 1.45 bits per heavy atom. The summed E-state index contributed by atoms with van der Waals surface area (Å²) in [6.07, 6.45) is 8.17. The van der Waals surface area contributed by atoms with E-state index >= 15 is 0 Å².